The van der Waals surface area contributed by atoms with E-state index in [4.69, 9.17) is 4.52 Å². The van der Waals surface area contributed by atoms with Gasteiger partial charge in [0.25, 0.3) is 0 Å². The summed E-state index contributed by atoms with van der Waals surface area (Å²) in [6, 6.07) is 0.461. The van der Waals surface area contributed by atoms with E-state index in [1.165, 1.54) is 12.8 Å². The van der Waals surface area contributed by atoms with E-state index in [0.29, 0.717) is 18.5 Å². The zero-order chi connectivity index (χ0) is 9.26. The van der Waals surface area contributed by atoms with Gasteiger partial charge in [-0.1, -0.05) is 19.0 Å². The monoisotopic (exact) mass is 181 g/mol. The summed E-state index contributed by atoms with van der Waals surface area (Å²) in [5.41, 5.74) is 0. The molecule has 1 N–H and O–H groups in total. The topological polar surface area (TPSA) is 51.0 Å². The second-order valence-electron chi connectivity index (χ2n) is 3.86. The van der Waals surface area contributed by atoms with E-state index in [1.54, 1.807) is 0 Å². The molecule has 13 heavy (non-hydrogen) atoms. The van der Waals surface area contributed by atoms with E-state index >= 15 is 0 Å². The van der Waals surface area contributed by atoms with Crippen molar-refractivity contribution in [2.75, 3.05) is 0 Å². The Kier molecular flexibility index (Phi) is 2.31. The summed E-state index contributed by atoms with van der Waals surface area (Å²) in [5.74, 6) is 2.15. The molecule has 1 aliphatic rings. The van der Waals surface area contributed by atoms with Crippen molar-refractivity contribution in [1.29, 1.82) is 0 Å². The summed E-state index contributed by atoms with van der Waals surface area (Å²) in [7, 11) is 0. The van der Waals surface area contributed by atoms with Crippen LogP contribution in [0.5, 0.6) is 0 Å². The van der Waals surface area contributed by atoms with Crippen LogP contribution in [0.15, 0.2) is 4.52 Å². The van der Waals surface area contributed by atoms with Crippen molar-refractivity contribution in [2.24, 2.45) is 0 Å². The van der Waals surface area contributed by atoms with Gasteiger partial charge in [-0.15, -0.1) is 0 Å². The predicted molar refractivity (Wildman–Crippen MR) is 48.2 cm³/mol. The molecule has 1 saturated carbocycles. The van der Waals surface area contributed by atoms with E-state index in [0.717, 1.165) is 11.7 Å². The van der Waals surface area contributed by atoms with Crippen LogP contribution in [0.25, 0.3) is 0 Å². The Morgan fingerprint density at radius 3 is 2.92 bits per heavy atom. The van der Waals surface area contributed by atoms with Gasteiger partial charge in [-0.25, -0.2) is 0 Å². The molecule has 0 aromatic carbocycles. The van der Waals surface area contributed by atoms with Crippen molar-refractivity contribution in [3.63, 3.8) is 0 Å². The third-order valence-corrected chi connectivity index (χ3v) is 2.08. The van der Waals surface area contributed by atoms with Crippen molar-refractivity contribution in [3.05, 3.63) is 11.7 Å². The molecule has 4 heteroatoms. The Bertz CT molecular complexity index is 278. The molecule has 4 nitrogen and oxygen atoms in total. The van der Waals surface area contributed by atoms with Gasteiger partial charge in [-0.05, 0) is 12.8 Å². The first kappa shape index (κ1) is 8.69. The SMILES string of the molecule is CC(C)NCc1noc(C2CC2)n1. The standard InChI is InChI=1S/C9H15N3O/c1-6(2)10-5-8-11-9(13-12-8)7-3-4-7/h6-7,10H,3-5H2,1-2H3. The average molecular weight is 181 g/mol. The minimum absolute atomic E-state index is 0.461. The quantitative estimate of drug-likeness (QED) is 0.763. The molecule has 0 atom stereocenters. The molecule has 0 bridgehead atoms. The number of hydrogen-bond acceptors (Lipinski definition) is 4. The van der Waals surface area contributed by atoms with Gasteiger partial charge in [-0.3, -0.25) is 0 Å². The summed E-state index contributed by atoms with van der Waals surface area (Å²) >= 11 is 0. The van der Waals surface area contributed by atoms with Crippen LogP contribution in [-0.4, -0.2) is 16.2 Å². The summed E-state index contributed by atoms with van der Waals surface area (Å²) in [5, 5.41) is 7.15. The fraction of sp³-hybridized carbons (Fsp3) is 0.778. The van der Waals surface area contributed by atoms with Gasteiger partial charge in [0.15, 0.2) is 5.82 Å². The van der Waals surface area contributed by atoms with E-state index in [2.05, 4.69) is 29.3 Å². The van der Waals surface area contributed by atoms with Crippen LogP contribution in [0, 0.1) is 0 Å². The highest BCUT2D eigenvalue weighted by molar-refractivity contribution is 5.01. The van der Waals surface area contributed by atoms with E-state index in [-0.39, 0.29) is 0 Å². The second kappa shape index (κ2) is 3.46. The van der Waals surface area contributed by atoms with E-state index in [1.807, 2.05) is 0 Å². The molecular formula is C9H15N3O. The largest absolute Gasteiger partial charge is 0.339 e. The molecule has 0 unspecified atom stereocenters. The molecule has 0 radical (unpaired) electrons. The molecule has 0 spiro atoms. The number of hydrogen-bond donors (Lipinski definition) is 1. The fourth-order valence-electron chi connectivity index (χ4n) is 1.13. The van der Waals surface area contributed by atoms with Crippen molar-refractivity contribution >= 4 is 0 Å². The first-order valence-electron chi connectivity index (χ1n) is 4.81. The number of aromatic nitrogens is 2. The lowest BCUT2D eigenvalue weighted by molar-refractivity contribution is 0.371. The maximum absolute atomic E-state index is 5.12. The normalized spacial score (nSPS) is 16.8. The molecule has 1 heterocycles. The number of rotatable bonds is 4. The van der Waals surface area contributed by atoms with Crippen LogP contribution in [0.3, 0.4) is 0 Å². The smallest absolute Gasteiger partial charge is 0.229 e. The van der Waals surface area contributed by atoms with Gasteiger partial charge in [0, 0.05) is 12.0 Å². The van der Waals surface area contributed by atoms with Gasteiger partial charge in [0.05, 0.1) is 6.54 Å². The summed E-state index contributed by atoms with van der Waals surface area (Å²) in [6.45, 7) is 4.90. The van der Waals surface area contributed by atoms with Crippen molar-refractivity contribution in [2.45, 2.75) is 45.2 Å². The third-order valence-electron chi connectivity index (χ3n) is 2.08. The lowest BCUT2D eigenvalue weighted by Crippen LogP contribution is -2.22. The highest BCUT2D eigenvalue weighted by atomic mass is 16.5. The van der Waals surface area contributed by atoms with Crippen molar-refractivity contribution in [3.8, 4) is 0 Å². The number of nitrogens with zero attached hydrogens (tertiary/aromatic N) is 2. The average Bonchev–Trinajstić information content (AvgIpc) is 2.83. The van der Waals surface area contributed by atoms with E-state index < -0.39 is 0 Å². The summed E-state index contributed by atoms with van der Waals surface area (Å²) in [4.78, 5) is 4.30. The van der Waals surface area contributed by atoms with Crippen LogP contribution in [0.2, 0.25) is 0 Å². The lowest BCUT2D eigenvalue weighted by Gasteiger charge is -2.02. The Morgan fingerprint density at radius 2 is 2.31 bits per heavy atom. The van der Waals surface area contributed by atoms with Gasteiger partial charge in [0.1, 0.15) is 0 Å². The van der Waals surface area contributed by atoms with Crippen molar-refractivity contribution < 1.29 is 4.52 Å². The minimum atomic E-state index is 0.461. The maximum Gasteiger partial charge on any atom is 0.229 e. The molecule has 72 valence electrons. The molecule has 0 saturated heterocycles. The number of nitrogens with one attached hydrogen (secondary N) is 1. The molecular weight excluding hydrogens is 166 g/mol. The zero-order valence-electron chi connectivity index (χ0n) is 8.08. The molecule has 1 aromatic heterocycles. The van der Waals surface area contributed by atoms with Gasteiger partial charge < -0.3 is 9.84 Å². The molecule has 1 aliphatic carbocycles. The molecule has 1 fully saturated rings. The van der Waals surface area contributed by atoms with E-state index in [9.17, 15) is 0 Å². The molecule has 2 rings (SSSR count). The highest BCUT2D eigenvalue weighted by Crippen LogP contribution is 2.38. The predicted octanol–water partition coefficient (Wildman–Crippen LogP) is 1.44. The molecule has 1 aromatic rings. The Hall–Kier alpha value is -0.900. The first-order chi connectivity index (χ1) is 6.25. The summed E-state index contributed by atoms with van der Waals surface area (Å²) in [6.07, 6.45) is 2.42. The van der Waals surface area contributed by atoms with Crippen LogP contribution in [-0.2, 0) is 6.54 Å². The first-order valence-corrected chi connectivity index (χ1v) is 4.81. The molecule has 0 amide bonds. The second-order valence-corrected chi connectivity index (χ2v) is 3.86. The van der Waals surface area contributed by atoms with Crippen LogP contribution in [0.4, 0.5) is 0 Å². The summed E-state index contributed by atoms with van der Waals surface area (Å²) < 4.78 is 5.12. The lowest BCUT2D eigenvalue weighted by atomic mass is 10.4. The minimum Gasteiger partial charge on any atom is -0.339 e. The Balaban J connectivity index is 1.89. The van der Waals surface area contributed by atoms with Crippen LogP contribution < -0.4 is 5.32 Å². The maximum atomic E-state index is 5.12. The van der Waals surface area contributed by atoms with Gasteiger partial charge in [0.2, 0.25) is 5.89 Å². The van der Waals surface area contributed by atoms with Gasteiger partial charge in [-0.2, -0.15) is 4.98 Å². The van der Waals surface area contributed by atoms with Crippen LogP contribution >= 0.6 is 0 Å². The fourth-order valence-corrected chi connectivity index (χ4v) is 1.13. The van der Waals surface area contributed by atoms with Crippen molar-refractivity contribution in [1.82, 2.24) is 15.5 Å². The Labute approximate surface area is 77.7 Å². The highest BCUT2D eigenvalue weighted by Gasteiger charge is 2.29. The Morgan fingerprint density at radius 1 is 1.54 bits per heavy atom. The van der Waals surface area contributed by atoms with Gasteiger partial charge >= 0.3 is 0 Å². The third kappa shape index (κ3) is 2.28. The van der Waals surface area contributed by atoms with Crippen LogP contribution in [0.1, 0.15) is 44.3 Å². The zero-order valence-corrected chi connectivity index (χ0v) is 8.08. The molecule has 0 aliphatic heterocycles.